The Bertz CT molecular complexity index is 272. The molecule has 0 aromatic rings. The van der Waals surface area contributed by atoms with E-state index in [-0.39, 0.29) is 5.41 Å². The first-order chi connectivity index (χ1) is 6.18. The van der Waals surface area contributed by atoms with Crippen LogP contribution in [0.5, 0.6) is 0 Å². The molecule has 0 saturated heterocycles. The summed E-state index contributed by atoms with van der Waals surface area (Å²) in [5.74, 6) is 0. The summed E-state index contributed by atoms with van der Waals surface area (Å²) < 4.78 is 1.43. The number of allylic oxidation sites excluding steroid dienone is 2. The zero-order chi connectivity index (χ0) is 11.0. The average molecular weight is 228 g/mol. The molecule has 0 amide bonds. The van der Waals surface area contributed by atoms with E-state index in [1.165, 1.54) is 9.14 Å². The summed E-state index contributed by atoms with van der Waals surface area (Å²) >= 11 is 3.80. The van der Waals surface area contributed by atoms with Crippen molar-refractivity contribution in [1.82, 2.24) is 0 Å². The Labute approximate surface area is 96.6 Å². The first-order valence-electron chi connectivity index (χ1n) is 4.96. The van der Waals surface area contributed by atoms with E-state index in [9.17, 15) is 0 Å². The van der Waals surface area contributed by atoms with Crippen LogP contribution in [-0.2, 0) is 0 Å². The zero-order valence-corrected chi connectivity index (χ0v) is 11.6. The fourth-order valence-electron chi connectivity index (χ4n) is 1.01. The van der Waals surface area contributed by atoms with E-state index in [0.717, 1.165) is 0 Å². The second kappa shape index (κ2) is 3.97. The predicted molar refractivity (Wildman–Crippen MR) is 70.3 cm³/mol. The molecule has 0 N–H and O–H groups in total. The van der Waals surface area contributed by atoms with Crippen LogP contribution in [0.25, 0.3) is 0 Å². The molecule has 80 valence electrons. The van der Waals surface area contributed by atoms with Gasteiger partial charge in [-0.05, 0) is 16.2 Å². The minimum Gasteiger partial charge on any atom is -0.0902 e. The molecular formula is C12H20S2. The minimum absolute atomic E-state index is 0.288. The van der Waals surface area contributed by atoms with Crippen LogP contribution in [0.15, 0.2) is 20.6 Å². The van der Waals surface area contributed by atoms with Gasteiger partial charge in [0, 0.05) is 9.14 Å². The second-order valence-electron chi connectivity index (χ2n) is 5.78. The Kier molecular flexibility index (Phi) is 3.48. The van der Waals surface area contributed by atoms with Gasteiger partial charge in [-0.25, -0.2) is 0 Å². The van der Waals surface area contributed by atoms with Crippen LogP contribution < -0.4 is 0 Å². The summed E-state index contributed by atoms with van der Waals surface area (Å²) in [5, 5.41) is 2.29. The van der Waals surface area contributed by atoms with Crippen LogP contribution >= 0.6 is 23.5 Å². The molecule has 0 radical (unpaired) electrons. The standard InChI is InChI=1S/C12H20S2/c1-11(2,3)7-10-13-8-9(14-10)12(4,5)6/h7-8H,1-6H3/b10-7-. The molecule has 1 rings (SSSR count). The Morgan fingerprint density at radius 2 is 1.64 bits per heavy atom. The van der Waals surface area contributed by atoms with Crippen LogP contribution in [0.4, 0.5) is 0 Å². The Balaban J connectivity index is 2.69. The molecule has 0 spiro atoms. The van der Waals surface area contributed by atoms with Crippen molar-refractivity contribution < 1.29 is 0 Å². The normalized spacial score (nSPS) is 21.6. The molecule has 2 heteroatoms. The van der Waals surface area contributed by atoms with Gasteiger partial charge in [0.05, 0.1) is 0 Å². The predicted octanol–water partition coefficient (Wildman–Crippen LogP) is 5.24. The molecule has 1 heterocycles. The highest BCUT2D eigenvalue weighted by molar-refractivity contribution is 8.28. The topological polar surface area (TPSA) is 0 Å². The molecule has 0 fully saturated rings. The van der Waals surface area contributed by atoms with Crippen molar-refractivity contribution in [2.45, 2.75) is 41.5 Å². The second-order valence-corrected chi connectivity index (χ2v) is 8.03. The molecule has 1 aliphatic rings. The van der Waals surface area contributed by atoms with Gasteiger partial charge < -0.3 is 0 Å². The molecule has 0 aromatic carbocycles. The fraction of sp³-hybridized carbons (Fsp3) is 0.667. The fourth-order valence-corrected chi connectivity index (χ4v) is 3.89. The summed E-state index contributed by atoms with van der Waals surface area (Å²) in [6, 6.07) is 0. The molecule has 1 aliphatic heterocycles. The lowest BCUT2D eigenvalue weighted by Gasteiger charge is -2.19. The lowest BCUT2D eigenvalue weighted by molar-refractivity contribution is 0.534. The van der Waals surface area contributed by atoms with E-state index in [4.69, 9.17) is 0 Å². The van der Waals surface area contributed by atoms with Gasteiger partial charge in [0.1, 0.15) is 0 Å². The smallest absolute Gasteiger partial charge is 0.0455 e. The van der Waals surface area contributed by atoms with Gasteiger partial charge in [0.15, 0.2) is 0 Å². The monoisotopic (exact) mass is 228 g/mol. The third kappa shape index (κ3) is 3.74. The van der Waals surface area contributed by atoms with Gasteiger partial charge >= 0.3 is 0 Å². The molecule has 0 aliphatic carbocycles. The summed E-state index contributed by atoms with van der Waals surface area (Å²) in [4.78, 5) is 1.48. The van der Waals surface area contributed by atoms with Crippen molar-refractivity contribution in [3.8, 4) is 0 Å². The number of thioether (sulfide) groups is 2. The van der Waals surface area contributed by atoms with Crippen molar-refractivity contribution in [3.63, 3.8) is 0 Å². The van der Waals surface area contributed by atoms with Crippen molar-refractivity contribution in [3.05, 3.63) is 20.6 Å². The number of hydrogen-bond acceptors (Lipinski definition) is 2. The highest BCUT2D eigenvalue weighted by Crippen LogP contribution is 2.51. The van der Waals surface area contributed by atoms with E-state index in [0.29, 0.717) is 5.41 Å². The first kappa shape index (κ1) is 12.3. The molecule has 0 aromatic heterocycles. The van der Waals surface area contributed by atoms with Gasteiger partial charge in [0.2, 0.25) is 0 Å². The minimum atomic E-state index is 0.288. The third-order valence-corrected chi connectivity index (χ3v) is 4.44. The van der Waals surface area contributed by atoms with Gasteiger partial charge in [-0.2, -0.15) is 0 Å². The molecular weight excluding hydrogens is 208 g/mol. The van der Waals surface area contributed by atoms with Crippen LogP contribution in [0.1, 0.15) is 41.5 Å². The molecule has 0 saturated carbocycles. The maximum absolute atomic E-state index is 2.36. The van der Waals surface area contributed by atoms with Crippen molar-refractivity contribution in [1.29, 1.82) is 0 Å². The summed E-state index contributed by atoms with van der Waals surface area (Å²) in [6.07, 6.45) is 2.36. The molecule has 0 unspecified atom stereocenters. The number of rotatable bonds is 0. The Morgan fingerprint density at radius 3 is 2.00 bits per heavy atom. The van der Waals surface area contributed by atoms with Gasteiger partial charge in [0.25, 0.3) is 0 Å². The molecule has 0 bridgehead atoms. The Hall–Kier alpha value is 0.180. The van der Waals surface area contributed by atoms with Crippen LogP contribution in [-0.4, -0.2) is 0 Å². The van der Waals surface area contributed by atoms with Crippen molar-refractivity contribution >= 4 is 23.5 Å². The largest absolute Gasteiger partial charge is 0.0902 e. The van der Waals surface area contributed by atoms with Crippen LogP contribution in [0, 0.1) is 10.8 Å². The van der Waals surface area contributed by atoms with Gasteiger partial charge in [-0.3, -0.25) is 0 Å². The lowest BCUT2D eigenvalue weighted by Crippen LogP contribution is -2.04. The summed E-state index contributed by atoms with van der Waals surface area (Å²) in [7, 11) is 0. The lowest BCUT2D eigenvalue weighted by atomic mass is 9.97. The third-order valence-electron chi connectivity index (χ3n) is 1.78. The van der Waals surface area contributed by atoms with E-state index in [1.54, 1.807) is 0 Å². The SMILES string of the molecule is CC(C)(C)/C=C1/SC=C(C(C)(C)C)S1. The van der Waals surface area contributed by atoms with Gasteiger partial charge in [-0.1, -0.05) is 71.1 Å². The maximum Gasteiger partial charge on any atom is 0.0455 e. The maximum atomic E-state index is 2.36. The van der Waals surface area contributed by atoms with Crippen molar-refractivity contribution in [2.24, 2.45) is 10.8 Å². The zero-order valence-electron chi connectivity index (χ0n) is 9.97. The first-order valence-corrected chi connectivity index (χ1v) is 6.66. The van der Waals surface area contributed by atoms with Crippen LogP contribution in [0.3, 0.4) is 0 Å². The molecule has 0 nitrogen and oxygen atoms in total. The van der Waals surface area contributed by atoms with E-state index >= 15 is 0 Å². The molecule has 0 atom stereocenters. The van der Waals surface area contributed by atoms with E-state index < -0.39 is 0 Å². The van der Waals surface area contributed by atoms with Crippen molar-refractivity contribution in [2.75, 3.05) is 0 Å². The van der Waals surface area contributed by atoms with E-state index in [2.05, 4.69) is 53.0 Å². The summed E-state index contributed by atoms with van der Waals surface area (Å²) in [6.45, 7) is 13.5. The number of hydrogen-bond donors (Lipinski definition) is 0. The quantitative estimate of drug-likeness (QED) is 0.556. The highest BCUT2D eigenvalue weighted by Gasteiger charge is 2.24. The van der Waals surface area contributed by atoms with E-state index in [1.807, 2.05) is 23.5 Å². The van der Waals surface area contributed by atoms with Gasteiger partial charge in [-0.15, -0.1) is 0 Å². The average Bonchev–Trinajstić information content (AvgIpc) is 2.29. The summed E-state index contributed by atoms with van der Waals surface area (Å²) in [5.41, 5.74) is 0.585. The highest BCUT2D eigenvalue weighted by atomic mass is 32.2. The van der Waals surface area contributed by atoms with Crippen LogP contribution in [0.2, 0.25) is 0 Å². The molecule has 14 heavy (non-hydrogen) atoms. The Morgan fingerprint density at radius 1 is 1.07 bits per heavy atom.